The predicted molar refractivity (Wildman–Crippen MR) is 117 cm³/mol. The highest BCUT2D eigenvalue weighted by Crippen LogP contribution is 2.26. The van der Waals surface area contributed by atoms with Crippen molar-refractivity contribution in [2.45, 2.75) is 19.4 Å². The number of carbonyl (C=O) groups excluding carboxylic acids is 1. The Kier molecular flexibility index (Phi) is 8.83. The molecule has 30 heavy (non-hydrogen) atoms. The van der Waals surface area contributed by atoms with Crippen LogP contribution in [0.25, 0.3) is 0 Å². The highest BCUT2D eigenvalue weighted by Gasteiger charge is 2.19. The Bertz CT molecular complexity index is 870. The van der Waals surface area contributed by atoms with Gasteiger partial charge in [-0.1, -0.05) is 30.3 Å². The van der Waals surface area contributed by atoms with Crippen molar-refractivity contribution < 1.29 is 14.3 Å². The van der Waals surface area contributed by atoms with Gasteiger partial charge in [0, 0.05) is 18.1 Å². The highest BCUT2D eigenvalue weighted by molar-refractivity contribution is 6.00. The molecule has 0 bridgehead atoms. The number of amides is 1. The average Bonchev–Trinajstić information content (AvgIpc) is 2.79. The Hall–Kier alpha value is -3.39. The molecule has 160 valence electrons. The summed E-state index contributed by atoms with van der Waals surface area (Å²) in [6.45, 7) is 0.103. The van der Waals surface area contributed by atoms with Gasteiger partial charge in [0.2, 0.25) is 5.91 Å². The zero-order valence-electron chi connectivity index (χ0n) is 17.4. The van der Waals surface area contributed by atoms with Crippen LogP contribution in [0.1, 0.15) is 17.5 Å². The molecule has 0 aliphatic heterocycles. The van der Waals surface area contributed by atoms with E-state index in [1.807, 2.05) is 42.5 Å². The van der Waals surface area contributed by atoms with Gasteiger partial charge in [-0.2, -0.15) is 0 Å². The van der Waals surface area contributed by atoms with Crippen LogP contribution in [0.4, 0.5) is 0 Å². The van der Waals surface area contributed by atoms with Crippen molar-refractivity contribution in [3.05, 3.63) is 59.7 Å². The third-order valence-electron chi connectivity index (χ3n) is 4.61. The van der Waals surface area contributed by atoms with E-state index >= 15 is 0 Å². The third-order valence-corrected chi connectivity index (χ3v) is 4.61. The molecular weight excluding hydrogens is 382 g/mol. The van der Waals surface area contributed by atoms with Crippen LogP contribution in [0.2, 0.25) is 0 Å². The van der Waals surface area contributed by atoms with Crippen molar-refractivity contribution in [2.75, 3.05) is 27.3 Å². The van der Waals surface area contributed by atoms with Crippen LogP contribution < -0.4 is 20.5 Å². The topological polar surface area (TPSA) is 125 Å². The highest BCUT2D eigenvalue weighted by atomic mass is 16.5. The molecule has 0 aliphatic rings. The Morgan fingerprint density at radius 3 is 2.43 bits per heavy atom. The van der Waals surface area contributed by atoms with Gasteiger partial charge in [-0.15, -0.1) is 0 Å². The first-order chi connectivity index (χ1) is 14.5. The molecule has 0 radical (unpaired) electrons. The summed E-state index contributed by atoms with van der Waals surface area (Å²) in [6.07, 6.45) is 1.13. The summed E-state index contributed by atoms with van der Waals surface area (Å²) in [5.41, 5.74) is 7.25. The monoisotopic (exact) mass is 411 g/mol. The second-order valence-corrected chi connectivity index (χ2v) is 6.62. The maximum absolute atomic E-state index is 11.5. The SMILES string of the molecule is COc1ccc(CN(C(=N)CCc2ccccc2)C(=N)CNC(=O)CN)c(OC)c1. The number of ether oxygens (including phenoxy) is 2. The fourth-order valence-electron chi connectivity index (χ4n) is 2.90. The van der Waals surface area contributed by atoms with E-state index in [1.165, 1.54) is 0 Å². The molecule has 8 nitrogen and oxygen atoms in total. The van der Waals surface area contributed by atoms with Crippen molar-refractivity contribution in [3.63, 3.8) is 0 Å². The molecule has 1 amide bonds. The van der Waals surface area contributed by atoms with Crippen LogP contribution in [0.15, 0.2) is 48.5 Å². The molecule has 2 rings (SSSR count). The number of methoxy groups -OCH3 is 2. The number of aryl methyl sites for hydroxylation is 1. The Labute approximate surface area is 177 Å². The maximum atomic E-state index is 11.5. The number of nitrogens with one attached hydrogen (secondary N) is 3. The van der Waals surface area contributed by atoms with E-state index in [0.29, 0.717) is 24.3 Å². The largest absolute Gasteiger partial charge is 0.497 e. The number of amidine groups is 2. The summed E-state index contributed by atoms with van der Waals surface area (Å²) in [5, 5.41) is 19.6. The summed E-state index contributed by atoms with van der Waals surface area (Å²) < 4.78 is 10.7. The number of carbonyl (C=O) groups is 1. The Morgan fingerprint density at radius 2 is 1.80 bits per heavy atom. The summed E-state index contributed by atoms with van der Waals surface area (Å²) in [4.78, 5) is 13.1. The lowest BCUT2D eigenvalue weighted by Gasteiger charge is -2.27. The van der Waals surface area contributed by atoms with E-state index in [1.54, 1.807) is 25.2 Å². The van der Waals surface area contributed by atoms with Crippen molar-refractivity contribution in [2.24, 2.45) is 5.73 Å². The number of hydrogen-bond acceptors (Lipinski definition) is 6. The lowest BCUT2D eigenvalue weighted by Crippen LogP contribution is -2.43. The first-order valence-corrected chi connectivity index (χ1v) is 9.62. The van der Waals surface area contributed by atoms with Gasteiger partial charge in [0.15, 0.2) is 0 Å². The van der Waals surface area contributed by atoms with Gasteiger partial charge in [-0.3, -0.25) is 15.6 Å². The molecule has 2 aromatic rings. The number of benzene rings is 2. The Morgan fingerprint density at radius 1 is 1.07 bits per heavy atom. The fourth-order valence-corrected chi connectivity index (χ4v) is 2.90. The van der Waals surface area contributed by atoms with Gasteiger partial charge in [-0.05, 0) is 24.1 Å². The fraction of sp³-hybridized carbons (Fsp3) is 0.318. The van der Waals surface area contributed by atoms with Gasteiger partial charge in [-0.25, -0.2) is 0 Å². The van der Waals surface area contributed by atoms with Gasteiger partial charge in [0.05, 0.1) is 33.9 Å². The Balaban J connectivity index is 2.18. The quantitative estimate of drug-likeness (QED) is 0.352. The van der Waals surface area contributed by atoms with Gasteiger partial charge < -0.3 is 25.4 Å². The van der Waals surface area contributed by atoms with Crippen LogP contribution in [-0.2, 0) is 17.8 Å². The van der Waals surface area contributed by atoms with E-state index < -0.39 is 0 Å². The lowest BCUT2D eigenvalue weighted by molar-refractivity contribution is -0.119. The summed E-state index contributed by atoms with van der Waals surface area (Å²) in [6, 6.07) is 15.3. The van der Waals surface area contributed by atoms with E-state index in [0.717, 1.165) is 11.1 Å². The van der Waals surface area contributed by atoms with E-state index in [2.05, 4.69) is 5.32 Å². The summed E-state index contributed by atoms with van der Waals surface area (Å²) in [5.74, 6) is 1.30. The molecule has 0 heterocycles. The smallest absolute Gasteiger partial charge is 0.234 e. The normalized spacial score (nSPS) is 10.2. The minimum atomic E-state index is -0.349. The molecule has 0 unspecified atom stereocenters. The second-order valence-electron chi connectivity index (χ2n) is 6.62. The van der Waals surface area contributed by atoms with Gasteiger partial charge in [0.1, 0.15) is 23.2 Å². The zero-order chi connectivity index (χ0) is 21.9. The molecular formula is C22H29N5O3. The molecule has 0 saturated heterocycles. The van der Waals surface area contributed by atoms with E-state index in [-0.39, 0.29) is 37.2 Å². The molecule has 0 aliphatic carbocycles. The molecule has 0 fully saturated rings. The first-order valence-electron chi connectivity index (χ1n) is 9.62. The van der Waals surface area contributed by atoms with Crippen molar-refractivity contribution in [1.29, 1.82) is 10.8 Å². The van der Waals surface area contributed by atoms with E-state index in [4.69, 9.17) is 26.0 Å². The molecule has 0 aromatic heterocycles. The third kappa shape index (κ3) is 6.59. The van der Waals surface area contributed by atoms with Crippen LogP contribution in [-0.4, -0.2) is 49.8 Å². The maximum Gasteiger partial charge on any atom is 0.234 e. The predicted octanol–water partition coefficient (Wildman–Crippen LogP) is 2.17. The number of nitrogens with two attached hydrogens (primary N) is 1. The van der Waals surface area contributed by atoms with Crippen molar-refractivity contribution in [1.82, 2.24) is 10.2 Å². The van der Waals surface area contributed by atoms with E-state index in [9.17, 15) is 4.79 Å². The molecule has 0 atom stereocenters. The number of nitrogens with zero attached hydrogens (tertiary/aromatic N) is 1. The zero-order valence-corrected chi connectivity index (χ0v) is 17.4. The van der Waals surface area contributed by atoms with Crippen LogP contribution in [0.5, 0.6) is 11.5 Å². The van der Waals surface area contributed by atoms with Gasteiger partial charge >= 0.3 is 0 Å². The molecule has 8 heteroatoms. The molecule has 0 saturated carbocycles. The second kappa shape index (κ2) is 11.6. The molecule has 0 spiro atoms. The average molecular weight is 412 g/mol. The van der Waals surface area contributed by atoms with Crippen LogP contribution >= 0.6 is 0 Å². The molecule has 5 N–H and O–H groups in total. The summed E-state index contributed by atoms with van der Waals surface area (Å²) >= 11 is 0. The first kappa shape index (κ1) is 22.9. The minimum Gasteiger partial charge on any atom is -0.497 e. The molecule has 2 aromatic carbocycles. The minimum absolute atomic E-state index is 0.0117. The standard InChI is InChI=1S/C22H29N5O3/c1-29-18-10-9-17(19(12-18)30-2)15-27(21(25)14-26-22(28)13-23)20(24)11-8-16-6-4-3-5-7-16/h3-7,9-10,12,24-25H,8,11,13-15,23H2,1-2H3,(H,26,28). The van der Waals surface area contributed by atoms with Gasteiger partial charge in [0.25, 0.3) is 0 Å². The summed E-state index contributed by atoms with van der Waals surface area (Å²) in [7, 11) is 3.14. The number of rotatable bonds is 10. The van der Waals surface area contributed by atoms with Crippen molar-refractivity contribution >= 4 is 17.6 Å². The lowest BCUT2D eigenvalue weighted by atomic mass is 10.1. The van der Waals surface area contributed by atoms with Crippen LogP contribution in [0, 0.1) is 10.8 Å². The van der Waals surface area contributed by atoms with Crippen molar-refractivity contribution in [3.8, 4) is 11.5 Å². The number of hydrogen-bond donors (Lipinski definition) is 4. The van der Waals surface area contributed by atoms with Crippen LogP contribution in [0.3, 0.4) is 0 Å².